The van der Waals surface area contributed by atoms with Gasteiger partial charge in [0.25, 0.3) is 5.91 Å². The van der Waals surface area contributed by atoms with Crippen LogP contribution in [0.3, 0.4) is 0 Å². The maximum atomic E-state index is 12.6. The van der Waals surface area contributed by atoms with Gasteiger partial charge in [-0.3, -0.25) is 9.59 Å². The standard InChI is InChI=1S/C20H23NO4/c1-16(20(23)24-2)13-21(14-17-9-5-3-6-10-17)19(22)15-25-18-11-7-4-8-12-18/h3-12,16H,13-15H2,1-2H3. The summed E-state index contributed by atoms with van der Waals surface area (Å²) in [6.45, 7) is 2.36. The van der Waals surface area contributed by atoms with Crippen molar-refractivity contribution in [3.8, 4) is 5.75 Å². The number of methoxy groups -OCH3 is 1. The molecule has 0 aliphatic rings. The first-order chi connectivity index (χ1) is 12.1. The Morgan fingerprint density at radius 2 is 1.60 bits per heavy atom. The van der Waals surface area contributed by atoms with Crippen LogP contribution in [0.4, 0.5) is 0 Å². The summed E-state index contributed by atoms with van der Waals surface area (Å²) < 4.78 is 10.3. The van der Waals surface area contributed by atoms with Gasteiger partial charge in [-0.1, -0.05) is 55.5 Å². The number of amides is 1. The molecule has 2 rings (SSSR count). The van der Waals surface area contributed by atoms with E-state index < -0.39 is 5.92 Å². The molecule has 1 unspecified atom stereocenters. The second kappa shape index (κ2) is 9.47. The Balaban J connectivity index is 2.03. The van der Waals surface area contributed by atoms with E-state index in [2.05, 4.69) is 0 Å². The quantitative estimate of drug-likeness (QED) is 0.693. The molecule has 0 aromatic heterocycles. The predicted octanol–water partition coefficient (Wildman–Crippen LogP) is 2.90. The van der Waals surface area contributed by atoms with Crippen LogP contribution in [0.15, 0.2) is 60.7 Å². The van der Waals surface area contributed by atoms with E-state index in [4.69, 9.17) is 9.47 Å². The molecule has 132 valence electrons. The summed E-state index contributed by atoms with van der Waals surface area (Å²) in [6.07, 6.45) is 0. The molecule has 5 nitrogen and oxygen atoms in total. The summed E-state index contributed by atoms with van der Waals surface area (Å²) >= 11 is 0. The van der Waals surface area contributed by atoms with E-state index in [1.54, 1.807) is 24.0 Å². The molecule has 0 N–H and O–H groups in total. The Bertz CT molecular complexity index is 673. The van der Waals surface area contributed by atoms with E-state index in [1.807, 2.05) is 48.5 Å². The third-order valence-electron chi connectivity index (χ3n) is 3.77. The van der Waals surface area contributed by atoms with Gasteiger partial charge in [-0.2, -0.15) is 0 Å². The number of rotatable bonds is 8. The van der Waals surface area contributed by atoms with E-state index in [0.29, 0.717) is 12.3 Å². The first kappa shape index (κ1) is 18.5. The Labute approximate surface area is 148 Å². The Kier molecular flexibility index (Phi) is 7.01. The normalized spacial score (nSPS) is 11.4. The molecule has 0 spiro atoms. The number of para-hydroxylation sites is 1. The van der Waals surface area contributed by atoms with Crippen molar-refractivity contribution in [1.29, 1.82) is 0 Å². The van der Waals surface area contributed by atoms with E-state index in [-0.39, 0.29) is 25.0 Å². The average Bonchev–Trinajstić information content (AvgIpc) is 2.66. The van der Waals surface area contributed by atoms with Crippen molar-refractivity contribution >= 4 is 11.9 Å². The van der Waals surface area contributed by atoms with Crippen molar-refractivity contribution in [2.75, 3.05) is 20.3 Å². The van der Waals surface area contributed by atoms with Crippen molar-refractivity contribution in [1.82, 2.24) is 4.90 Å². The monoisotopic (exact) mass is 341 g/mol. The van der Waals surface area contributed by atoms with Gasteiger partial charge < -0.3 is 14.4 Å². The highest BCUT2D eigenvalue weighted by Crippen LogP contribution is 2.12. The van der Waals surface area contributed by atoms with Crippen LogP contribution in [0, 0.1) is 5.92 Å². The number of carbonyl (C=O) groups is 2. The van der Waals surface area contributed by atoms with Crippen LogP contribution in [0.25, 0.3) is 0 Å². The number of benzene rings is 2. The third kappa shape index (κ3) is 5.95. The fourth-order valence-electron chi connectivity index (χ4n) is 2.42. The number of hydrogen-bond acceptors (Lipinski definition) is 4. The van der Waals surface area contributed by atoms with E-state index in [9.17, 15) is 9.59 Å². The summed E-state index contributed by atoms with van der Waals surface area (Å²) in [5.74, 6) is -0.288. The highest BCUT2D eigenvalue weighted by atomic mass is 16.5. The van der Waals surface area contributed by atoms with Gasteiger partial charge in [0.05, 0.1) is 13.0 Å². The van der Waals surface area contributed by atoms with Crippen LogP contribution in [0.5, 0.6) is 5.75 Å². The molecule has 0 aliphatic carbocycles. The molecular weight excluding hydrogens is 318 g/mol. The zero-order valence-corrected chi connectivity index (χ0v) is 14.6. The highest BCUT2D eigenvalue weighted by Gasteiger charge is 2.22. The minimum atomic E-state index is -0.408. The second-order valence-corrected chi connectivity index (χ2v) is 5.79. The smallest absolute Gasteiger partial charge is 0.310 e. The summed E-state index contributed by atoms with van der Waals surface area (Å²) in [5.41, 5.74) is 0.993. The Morgan fingerprint density at radius 1 is 1.00 bits per heavy atom. The minimum Gasteiger partial charge on any atom is -0.484 e. The summed E-state index contributed by atoms with van der Waals surface area (Å²) in [6, 6.07) is 18.8. The van der Waals surface area contributed by atoms with Crippen LogP contribution in [0.2, 0.25) is 0 Å². The summed E-state index contributed by atoms with van der Waals surface area (Å²) in [5, 5.41) is 0. The van der Waals surface area contributed by atoms with Gasteiger partial charge >= 0.3 is 5.97 Å². The van der Waals surface area contributed by atoms with Gasteiger partial charge in [0, 0.05) is 13.1 Å². The summed E-state index contributed by atoms with van der Waals surface area (Å²) in [7, 11) is 1.35. The third-order valence-corrected chi connectivity index (χ3v) is 3.77. The van der Waals surface area contributed by atoms with Crippen LogP contribution in [-0.2, 0) is 20.9 Å². The van der Waals surface area contributed by atoms with Crippen molar-refractivity contribution in [2.24, 2.45) is 5.92 Å². The topological polar surface area (TPSA) is 55.8 Å². The van der Waals surface area contributed by atoms with E-state index in [0.717, 1.165) is 5.56 Å². The lowest BCUT2D eigenvalue weighted by Crippen LogP contribution is -2.39. The van der Waals surface area contributed by atoms with Gasteiger partial charge in [0.15, 0.2) is 6.61 Å². The Morgan fingerprint density at radius 3 is 2.20 bits per heavy atom. The molecule has 2 aromatic carbocycles. The number of nitrogens with zero attached hydrogens (tertiary/aromatic N) is 1. The lowest BCUT2D eigenvalue weighted by atomic mass is 10.1. The zero-order valence-electron chi connectivity index (χ0n) is 14.6. The molecule has 0 saturated heterocycles. The highest BCUT2D eigenvalue weighted by molar-refractivity contribution is 5.79. The van der Waals surface area contributed by atoms with Gasteiger partial charge in [-0.15, -0.1) is 0 Å². The maximum absolute atomic E-state index is 12.6. The predicted molar refractivity (Wildman–Crippen MR) is 95.0 cm³/mol. The molecule has 1 atom stereocenters. The zero-order chi connectivity index (χ0) is 18.1. The van der Waals surface area contributed by atoms with Crippen molar-refractivity contribution < 1.29 is 19.1 Å². The largest absolute Gasteiger partial charge is 0.484 e. The average molecular weight is 341 g/mol. The molecule has 0 radical (unpaired) electrons. The molecular formula is C20H23NO4. The van der Waals surface area contributed by atoms with Crippen LogP contribution in [-0.4, -0.2) is 37.0 Å². The van der Waals surface area contributed by atoms with Crippen LogP contribution >= 0.6 is 0 Å². The van der Waals surface area contributed by atoms with Gasteiger partial charge in [0.2, 0.25) is 0 Å². The number of hydrogen-bond donors (Lipinski definition) is 0. The van der Waals surface area contributed by atoms with Gasteiger partial charge in [0.1, 0.15) is 5.75 Å². The molecule has 5 heteroatoms. The first-order valence-corrected chi connectivity index (χ1v) is 8.17. The lowest BCUT2D eigenvalue weighted by Gasteiger charge is -2.25. The fourth-order valence-corrected chi connectivity index (χ4v) is 2.42. The van der Waals surface area contributed by atoms with E-state index >= 15 is 0 Å². The molecule has 25 heavy (non-hydrogen) atoms. The van der Waals surface area contributed by atoms with Gasteiger partial charge in [-0.25, -0.2) is 0 Å². The summed E-state index contributed by atoms with van der Waals surface area (Å²) in [4.78, 5) is 26.0. The second-order valence-electron chi connectivity index (χ2n) is 5.79. The molecule has 2 aromatic rings. The lowest BCUT2D eigenvalue weighted by molar-refractivity contribution is -0.147. The van der Waals surface area contributed by atoms with Gasteiger partial charge in [-0.05, 0) is 17.7 Å². The Hall–Kier alpha value is -2.82. The molecule has 0 saturated carbocycles. The van der Waals surface area contributed by atoms with Crippen molar-refractivity contribution in [3.63, 3.8) is 0 Å². The number of ether oxygens (including phenoxy) is 2. The molecule has 0 aliphatic heterocycles. The van der Waals surface area contributed by atoms with Crippen LogP contribution in [0.1, 0.15) is 12.5 Å². The van der Waals surface area contributed by atoms with Crippen LogP contribution < -0.4 is 4.74 Å². The van der Waals surface area contributed by atoms with Crippen molar-refractivity contribution in [2.45, 2.75) is 13.5 Å². The fraction of sp³-hybridized carbons (Fsp3) is 0.300. The molecule has 0 bridgehead atoms. The van der Waals surface area contributed by atoms with E-state index in [1.165, 1.54) is 7.11 Å². The minimum absolute atomic E-state index is 0.0786. The molecule has 0 heterocycles. The maximum Gasteiger partial charge on any atom is 0.310 e. The number of esters is 1. The SMILES string of the molecule is COC(=O)C(C)CN(Cc1ccccc1)C(=O)COc1ccccc1. The molecule has 0 fully saturated rings. The molecule has 1 amide bonds. The first-order valence-electron chi connectivity index (χ1n) is 8.17. The number of carbonyl (C=O) groups excluding carboxylic acids is 2. The van der Waals surface area contributed by atoms with Crippen molar-refractivity contribution in [3.05, 3.63) is 66.2 Å².